The molecule has 3 aliphatic rings. The van der Waals surface area contributed by atoms with Gasteiger partial charge >= 0.3 is 0 Å². The topological polar surface area (TPSA) is 53.1 Å². The van der Waals surface area contributed by atoms with Crippen molar-refractivity contribution < 1.29 is 14.3 Å². The van der Waals surface area contributed by atoms with E-state index in [0.29, 0.717) is 35.3 Å². The summed E-state index contributed by atoms with van der Waals surface area (Å²) in [7, 11) is 1.67. The van der Waals surface area contributed by atoms with Gasteiger partial charge in [0.1, 0.15) is 11.8 Å². The summed E-state index contributed by atoms with van der Waals surface area (Å²) >= 11 is 8.22. The van der Waals surface area contributed by atoms with Crippen molar-refractivity contribution in [2.24, 2.45) is 5.92 Å². The first-order valence-corrected chi connectivity index (χ1v) is 14.4. The Bertz CT molecular complexity index is 1070. The molecule has 0 N–H and O–H groups in total. The summed E-state index contributed by atoms with van der Waals surface area (Å²) in [4.78, 5) is 33.8. The summed E-state index contributed by atoms with van der Waals surface area (Å²) in [6.45, 7) is 2.83. The van der Waals surface area contributed by atoms with Crippen molar-refractivity contribution in [2.75, 3.05) is 43.9 Å². The molecule has 0 spiro atoms. The maximum Gasteiger partial charge on any atom is 0.256 e. The first kappa shape index (κ1) is 25.3. The maximum absolute atomic E-state index is 13.8. The van der Waals surface area contributed by atoms with Gasteiger partial charge in [-0.3, -0.25) is 9.59 Å². The molecule has 0 radical (unpaired) electrons. The minimum Gasteiger partial charge on any atom is -0.497 e. The van der Waals surface area contributed by atoms with Crippen molar-refractivity contribution in [3.8, 4) is 5.75 Å². The summed E-state index contributed by atoms with van der Waals surface area (Å²) in [6, 6.07) is 14.8. The third-order valence-electron chi connectivity index (χ3n) is 7.74. The van der Waals surface area contributed by atoms with Crippen LogP contribution in [0.1, 0.15) is 42.5 Å². The Labute approximate surface area is 222 Å². The van der Waals surface area contributed by atoms with Gasteiger partial charge in [0.15, 0.2) is 0 Å². The molecule has 2 unspecified atom stereocenters. The summed E-state index contributed by atoms with van der Waals surface area (Å²) in [5, 5.41) is 0.477. The summed E-state index contributed by atoms with van der Waals surface area (Å²) in [6.07, 6.45) is 5.88. The van der Waals surface area contributed by atoms with Crippen LogP contribution in [0.25, 0.3) is 0 Å². The lowest BCUT2D eigenvalue weighted by atomic mass is 9.88. The van der Waals surface area contributed by atoms with Crippen molar-refractivity contribution >= 4 is 40.9 Å². The molecular weight excluding hydrogens is 494 g/mol. The van der Waals surface area contributed by atoms with E-state index in [2.05, 4.69) is 17.0 Å². The number of piperazine rings is 1. The van der Waals surface area contributed by atoms with Crippen LogP contribution >= 0.6 is 23.4 Å². The van der Waals surface area contributed by atoms with Gasteiger partial charge in [0.2, 0.25) is 5.91 Å². The molecule has 0 aromatic heterocycles. The standard InChI is InChI=1S/C28H34ClN3O3S/c1-35-22-13-11-21(12-14-22)30-15-17-31(18-16-30)27(34)25-19-36-28(20-7-3-2-4-8-20)32(25)26(33)23-9-5-6-10-24(23)29/h5-6,9-14,20,25,28H,2-4,7-8,15-19H2,1H3. The summed E-state index contributed by atoms with van der Waals surface area (Å²) in [5.74, 6) is 1.86. The van der Waals surface area contributed by atoms with Crippen molar-refractivity contribution in [3.05, 3.63) is 59.1 Å². The first-order valence-electron chi connectivity index (χ1n) is 12.9. The molecule has 36 heavy (non-hydrogen) atoms. The average Bonchev–Trinajstić information content (AvgIpc) is 3.38. The molecule has 2 saturated heterocycles. The van der Waals surface area contributed by atoms with Crippen LogP contribution in [0.15, 0.2) is 48.5 Å². The van der Waals surface area contributed by atoms with Crippen LogP contribution in [0.2, 0.25) is 5.02 Å². The second kappa shape index (κ2) is 11.3. The van der Waals surface area contributed by atoms with Crippen LogP contribution in [0.4, 0.5) is 5.69 Å². The lowest BCUT2D eigenvalue weighted by Gasteiger charge is -2.40. The molecule has 3 fully saturated rings. The molecule has 2 aromatic rings. The molecule has 2 heterocycles. The molecule has 2 amide bonds. The number of benzene rings is 2. The zero-order chi connectivity index (χ0) is 25.1. The third-order valence-corrected chi connectivity index (χ3v) is 9.53. The van der Waals surface area contributed by atoms with E-state index in [4.69, 9.17) is 16.3 Å². The number of thioether (sulfide) groups is 1. The monoisotopic (exact) mass is 527 g/mol. The zero-order valence-corrected chi connectivity index (χ0v) is 22.3. The fourth-order valence-electron chi connectivity index (χ4n) is 5.72. The maximum atomic E-state index is 13.8. The minimum atomic E-state index is -0.446. The van der Waals surface area contributed by atoms with Crippen LogP contribution in [-0.4, -0.2) is 72.1 Å². The normalized spacial score (nSPS) is 23.1. The second-order valence-electron chi connectivity index (χ2n) is 9.84. The number of nitrogens with zero attached hydrogens (tertiary/aromatic N) is 3. The van der Waals surface area contributed by atoms with Crippen molar-refractivity contribution in [1.29, 1.82) is 0 Å². The van der Waals surface area contributed by atoms with E-state index in [1.807, 2.05) is 34.1 Å². The zero-order valence-electron chi connectivity index (χ0n) is 20.8. The van der Waals surface area contributed by atoms with Gasteiger partial charge in [-0.25, -0.2) is 0 Å². The van der Waals surface area contributed by atoms with Crippen molar-refractivity contribution in [3.63, 3.8) is 0 Å². The Morgan fingerprint density at radius 2 is 1.64 bits per heavy atom. The number of hydrogen-bond donors (Lipinski definition) is 0. The molecule has 2 aromatic carbocycles. The lowest BCUT2D eigenvalue weighted by Crippen LogP contribution is -2.56. The summed E-state index contributed by atoms with van der Waals surface area (Å²) in [5.41, 5.74) is 1.62. The number of ether oxygens (including phenoxy) is 1. The smallest absolute Gasteiger partial charge is 0.256 e. The SMILES string of the molecule is COc1ccc(N2CCN(C(=O)C3CSC(C4CCCCC4)N3C(=O)c3ccccc3Cl)CC2)cc1. The van der Waals surface area contributed by atoms with Crippen LogP contribution in [0.5, 0.6) is 5.75 Å². The van der Waals surface area contributed by atoms with E-state index < -0.39 is 6.04 Å². The molecule has 5 rings (SSSR count). The Balaban J connectivity index is 1.31. The quantitative estimate of drug-likeness (QED) is 0.537. The molecule has 8 heteroatoms. The number of carbonyl (C=O) groups excluding carboxylic acids is 2. The third kappa shape index (κ3) is 5.18. The number of carbonyl (C=O) groups is 2. The van der Waals surface area contributed by atoms with E-state index >= 15 is 0 Å². The highest BCUT2D eigenvalue weighted by Crippen LogP contribution is 2.42. The Hall–Kier alpha value is -2.38. The number of halogens is 1. The van der Waals surface area contributed by atoms with Crippen LogP contribution in [0, 0.1) is 5.92 Å². The fourth-order valence-corrected chi connectivity index (χ4v) is 7.57. The van der Waals surface area contributed by atoms with Gasteiger partial charge in [0, 0.05) is 37.6 Å². The molecule has 2 atom stereocenters. The number of anilines is 1. The highest BCUT2D eigenvalue weighted by molar-refractivity contribution is 8.00. The van der Waals surface area contributed by atoms with Crippen molar-refractivity contribution in [1.82, 2.24) is 9.80 Å². The fraction of sp³-hybridized carbons (Fsp3) is 0.500. The molecule has 1 saturated carbocycles. The van der Waals surface area contributed by atoms with Gasteiger partial charge in [-0.05, 0) is 55.2 Å². The minimum absolute atomic E-state index is 0.0311. The molecule has 2 aliphatic heterocycles. The van der Waals surface area contributed by atoms with Crippen molar-refractivity contribution in [2.45, 2.75) is 43.5 Å². The van der Waals surface area contributed by atoms with E-state index in [9.17, 15) is 9.59 Å². The summed E-state index contributed by atoms with van der Waals surface area (Å²) < 4.78 is 5.27. The Kier molecular flexibility index (Phi) is 7.96. The highest BCUT2D eigenvalue weighted by atomic mass is 35.5. The molecule has 1 aliphatic carbocycles. The Morgan fingerprint density at radius 1 is 0.944 bits per heavy atom. The van der Waals surface area contributed by atoms with Gasteiger partial charge in [-0.1, -0.05) is 43.0 Å². The molecular formula is C28H34ClN3O3S. The average molecular weight is 528 g/mol. The molecule has 192 valence electrons. The van der Waals surface area contributed by atoms with Gasteiger partial charge in [0.25, 0.3) is 5.91 Å². The second-order valence-corrected chi connectivity index (χ2v) is 11.4. The predicted octanol–water partition coefficient (Wildman–Crippen LogP) is 5.16. The number of methoxy groups -OCH3 is 1. The molecule has 6 nitrogen and oxygen atoms in total. The highest BCUT2D eigenvalue weighted by Gasteiger charge is 2.46. The van der Waals surface area contributed by atoms with E-state index in [1.54, 1.807) is 31.0 Å². The molecule has 0 bridgehead atoms. The van der Waals surface area contributed by atoms with Gasteiger partial charge in [-0.2, -0.15) is 0 Å². The predicted molar refractivity (Wildman–Crippen MR) is 146 cm³/mol. The Morgan fingerprint density at radius 3 is 2.31 bits per heavy atom. The number of rotatable bonds is 5. The largest absolute Gasteiger partial charge is 0.497 e. The van der Waals surface area contributed by atoms with Crippen LogP contribution in [-0.2, 0) is 4.79 Å². The van der Waals surface area contributed by atoms with Gasteiger partial charge in [-0.15, -0.1) is 11.8 Å². The van der Waals surface area contributed by atoms with Gasteiger partial charge in [0.05, 0.1) is 23.1 Å². The van der Waals surface area contributed by atoms with E-state index in [1.165, 1.54) is 19.3 Å². The number of hydrogen-bond acceptors (Lipinski definition) is 5. The van der Waals surface area contributed by atoms with Crippen LogP contribution < -0.4 is 9.64 Å². The van der Waals surface area contributed by atoms with Gasteiger partial charge < -0.3 is 19.4 Å². The van der Waals surface area contributed by atoms with Crippen LogP contribution in [0.3, 0.4) is 0 Å². The lowest BCUT2D eigenvalue weighted by molar-refractivity contribution is -0.135. The number of amides is 2. The first-order chi connectivity index (χ1) is 17.6. The van der Waals surface area contributed by atoms with E-state index in [-0.39, 0.29) is 17.2 Å². The van der Waals surface area contributed by atoms with E-state index in [0.717, 1.165) is 37.4 Å².